The van der Waals surface area contributed by atoms with Crippen molar-refractivity contribution in [1.29, 1.82) is 0 Å². The van der Waals surface area contributed by atoms with Crippen molar-refractivity contribution >= 4 is 16.1 Å². The smallest absolute Gasteiger partial charge is 0.320 e. The number of carbonyl (C=O) groups is 1. The number of benzene rings is 2. The number of hydrogen-bond acceptors (Lipinski definition) is 4. The zero-order chi connectivity index (χ0) is 19.6. The second kappa shape index (κ2) is 10.7. The molecule has 0 aliphatic heterocycles. The first-order valence-corrected chi connectivity index (χ1v) is 9.72. The van der Waals surface area contributed by atoms with Crippen LogP contribution < -0.4 is 5.32 Å². The molecule has 0 saturated heterocycles. The molecule has 1 atom stereocenters. The van der Waals surface area contributed by atoms with Gasteiger partial charge in [0.25, 0.3) is 10.1 Å². The summed E-state index contributed by atoms with van der Waals surface area (Å²) in [6, 6.07) is 15.4. The van der Waals surface area contributed by atoms with Gasteiger partial charge in [-0.05, 0) is 31.0 Å². The van der Waals surface area contributed by atoms with Crippen molar-refractivity contribution in [2.45, 2.75) is 44.2 Å². The van der Waals surface area contributed by atoms with Crippen LogP contribution in [-0.2, 0) is 21.5 Å². The van der Waals surface area contributed by atoms with Gasteiger partial charge >= 0.3 is 5.97 Å². The normalized spacial score (nSPS) is 12.0. The molecule has 1 unspecified atom stereocenters. The molecule has 2 rings (SSSR count). The number of aryl methyl sites for hydroxylation is 1. The van der Waals surface area contributed by atoms with E-state index in [1.165, 1.54) is 12.1 Å². The molecular weight excluding hydrogens is 354 g/mol. The molecule has 2 aromatic rings. The Balaban J connectivity index is 0.000000273. The predicted octanol–water partition coefficient (Wildman–Crippen LogP) is 3.27. The minimum absolute atomic E-state index is 0.0666. The van der Waals surface area contributed by atoms with Crippen LogP contribution in [0.5, 0.6) is 0 Å². The third-order valence-electron chi connectivity index (χ3n) is 3.59. The molecule has 0 spiro atoms. The summed E-state index contributed by atoms with van der Waals surface area (Å²) in [4.78, 5) is 10.8. The Morgan fingerprint density at radius 2 is 1.65 bits per heavy atom. The second-order valence-electron chi connectivity index (χ2n) is 5.83. The highest BCUT2D eigenvalue weighted by molar-refractivity contribution is 7.85. The molecule has 0 fully saturated rings. The molecular formula is C19H25NO5S. The highest BCUT2D eigenvalue weighted by atomic mass is 32.2. The lowest BCUT2D eigenvalue weighted by Crippen LogP contribution is -2.35. The topological polar surface area (TPSA) is 104 Å². The average molecular weight is 379 g/mol. The molecule has 2 aromatic carbocycles. The molecule has 0 aliphatic carbocycles. The molecule has 7 heteroatoms. The van der Waals surface area contributed by atoms with Gasteiger partial charge in [0.15, 0.2) is 0 Å². The lowest BCUT2D eigenvalue weighted by Gasteiger charge is -2.13. The summed E-state index contributed by atoms with van der Waals surface area (Å²) in [5.41, 5.74) is 2.07. The van der Waals surface area contributed by atoms with E-state index in [0.717, 1.165) is 17.5 Å². The Morgan fingerprint density at radius 1 is 1.08 bits per heavy atom. The highest BCUT2D eigenvalue weighted by Gasteiger charge is 2.14. The molecule has 0 saturated carbocycles. The van der Waals surface area contributed by atoms with E-state index in [1.54, 1.807) is 12.1 Å². The van der Waals surface area contributed by atoms with Gasteiger partial charge in [0, 0.05) is 6.54 Å². The fourth-order valence-corrected chi connectivity index (χ4v) is 2.63. The minimum atomic E-state index is -4.02. The van der Waals surface area contributed by atoms with Crippen molar-refractivity contribution in [3.8, 4) is 0 Å². The van der Waals surface area contributed by atoms with Crippen molar-refractivity contribution in [3.05, 3.63) is 65.7 Å². The lowest BCUT2D eigenvalue weighted by atomic mass is 10.1. The predicted molar refractivity (Wildman–Crippen MR) is 101 cm³/mol. The van der Waals surface area contributed by atoms with Gasteiger partial charge < -0.3 is 10.4 Å². The Labute approximate surface area is 154 Å². The Hall–Kier alpha value is -2.22. The second-order valence-corrected chi connectivity index (χ2v) is 7.26. The molecule has 142 valence electrons. The molecule has 0 aromatic heterocycles. The monoisotopic (exact) mass is 379 g/mol. The Morgan fingerprint density at radius 3 is 2.12 bits per heavy atom. The minimum Gasteiger partial charge on any atom is -0.480 e. The van der Waals surface area contributed by atoms with Gasteiger partial charge in [-0.2, -0.15) is 8.42 Å². The molecule has 3 N–H and O–H groups in total. The van der Waals surface area contributed by atoms with Gasteiger partial charge in [-0.25, -0.2) is 0 Å². The fourth-order valence-electron chi connectivity index (χ4n) is 2.15. The van der Waals surface area contributed by atoms with Crippen LogP contribution in [0, 0.1) is 6.92 Å². The summed E-state index contributed by atoms with van der Waals surface area (Å²) in [5.74, 6) is -0.771. The van der Waals surface area contributed by atoms with E-state index in [-0.39, 0.29) is 4.90 Å². The van der Waals surface area contributed by atoms with Crippen LogP contribution in [0.1, 0.15) is 30.9 Å². The van der Waals surface area contributed by atoms with Crippen molar-refractivity contribution in [2.24, 2.45) is 0 Å². The van der Waals surface area contributed by atoms with Crippen LogP contribution in [0.2, 0.25) is 0 Å². The lowest BCUT2D eigenvalue weighted by molar-refractivity contribution is -0.139. The Bertz CT molecular complexity index is 773. The van der Waals surface area contributed by atoms with Crippen molar-refractivity contribution in [1.82, 2.24) is 5.32 Å². The third-order valence-corrected chi connectivity index (χ3v) is 4.46. The maximum atomic E-state index is 10.8. The third kappa shape index (κ3) is 8.24. The standard InChI is InChI=1S/C12H17NO2.C7H8O3S/c1-2-6-11(12(14)15)13-9-10-7-4-3-5-8-10;1-6-2-4-7(5-3-6)11(8,9)10/h3-5,7-8,11,13H,2,6,9H2,1H3,(H,14,15);2-5H,1H3,(H,8,9,10). The number of nitrogens with one attached hydrogen (secondary N) is 1. The van der Waals surface area contributed by atoms with E-state index in [0.29, 0.717) is 13.0 Å². The molecule has 0 bridgehead atoms. The first kappa shape index (κ1) is 21.8. The molecule has 0 aliphatic rings. The Kier molecular flexibility index (Phi) is 8.98. The van der Waals surface area contributed by atoms with Crippen LogP contribution >= 0.6 is 0 Å². The van der Waals surface area contributed by atoms with Gasteiger partial charge in [0.05, 0.1) is 4.90 Å². The van der Waals surface area contributed by atoms with E-state index < -0.39 is 22.1 Å². The molecule has 0 amide bonds. The van der Waals surface area contributed by atoms with Gasteiger partial charge in [-0.3, -0.25) is 9.35 Å². The maximum Gasteiger partial charge on any atom is 0.320 e. The van der Waals surface area contributed by atoms with Gasteiger partial charge in [0.1, 0.15) is 6.04 Å². The first-order chi connectivity index (χ1) is 12.2. The van der Waals surface area contributed by atoms with Gasteiger partial charge in [-0.1, -0.05) is 61.4 Å². The van der Waals surface area contributed by atoms with E-state index in [2.05, 4.69) is 5.32 Å². The van der Waals surface area contributed by atoms with Crippen molar-refractivity contribution in [3.63, 3.8) is 0 Å². The number of carboxylic acid groups (broad SMARTS) is 1. The van der Waals surface area contributed by atoms with Crippen LogP contribution in [0.25, 0.3) is 0 Å². The summed E-state index contributed by atoms with van der Waals surface area (Å²) >= 11 is 0. The molecule has 6 nitrogen and oxygen atoms in total. The van der Waals surface area contributed by atoms with Crippen molar-refractivity contribution < 1.29 is 22.9 Å². The molecule has 0 heterocycles. The number of rotatable bonds is 7. The summed E-state index contributed by atoms with van der Waals surface area (Å²) in [6.45, 7) is 4.44. The van der Waals surface area contributed by atoms with E-state index in [9.17, 15) is 13.2 Å². The average Bonchev–Trinajstić information content (AvgIpc) is 2.59. The quantitative estimate of drug-likeness (QED) is 0.638. The van der Waals surface area contributed by atoms with Crippen LogP contribution in [0.15, 0.2) is 59.5 Å². The highest BCUT2D eigenvalue weighted by Crippen LogP contribution is 2.08. The summed E-state index contributed by atoms with van der Waals surface area (Å²) < 4.78 is 29.6. The van der Waals surface area contributed by atoms with Crippen LogP contribution in [0.4, 0.5) is 0 Å². The van der Waals surface area contributed by atoms with Gasteiger partial charge in [0.2, 0.25) is 0 Å². The fraction of sp³-hybridized carbons (Fsp3) is 0.316. The zero-order valence-corrected chi connectivity index (χ0v) is 15.7. The largest absolute Gasteiger partial charge is 0.480 e. The van der Waals surface area contributed by atoms with Crippen molar-refractivity contribution in [2.75, 3.05) is 0 Å². The summed E-state index contributed by atoms with van der Waals surface area (Å²) in [7, 11) is -4.02. The SMILES string of the molecule is CCCC(NCc1ccccc1)C(=O)O.Cc1ccc(S(=O)(=O)O)cc1. The molecule has 0 radical (unpaired) electrons. The molecule has 26 heavy (non-hydrogen) atoms. The zero-order valence-electron chi connectivity index (χ0n) is 14.9. The first-order valence-electron chi connectivity index (χ1n) is 8.28. The van der Waals surface area contributed by atoms with E-state index in [4.69, 9.17) is 9.66 Å². The summed E-state index contributed by atoms with van der Waals surface area (Å²) in [5, 5.41) is 12.0. The maximum absolute atomic E-state index is 10.8. The van der Waals surface area contributed by atoms with E-state index >= 15 is 0 Å². The number of aliphatic carboxylic acids is 1. The number of hydrogen-bond donors (Lipinski definition) is 3. The van der Waals surface area contributed by atoms with Gasteiger partial charge in [-0.15, -0.1) is 0 Å². The summed E-state index contributed by atoms with van der Waals surface area (Å²) in [6.07, 6.45) is 1.54. The number of carboxylic acids is 1. The van der Waals surface area contributed by atoms with E-state index in [1.807, 2.05) is 44.2 Å². The van der Waals surface area contributed by atoms with Crippen LogP contribution in [-0.4, -0.2) is 30.1 Å². The van der Waals surface area contributed by atoms with Crippen LogP contribution in [0.3, 0.4) is 0 Å².